The van der Waals surface area contributed by atoms with Gasteiger partial charge in [-0.2, -0.15) is 4.31 Å². The Labute approximate surface area is 236 Å². The summed E-state index contributed by atoms with van der Waals surface area (Å²) >= 11 is 1.10. The third-order valence-electron chi connectivity index (χ3n) is 6.88. The molecule has 1 saturated heterocycles. The van der Waals surface area contributed by atoms with Crippen LogP contribution >= 0.6 is 11.3 Å². The van der Waals surface area contributed by atoms with Crippen LogP contribution in [0.4, 0.5) is 5.13 Å². The van der Waals surface area contributed by atoms with Gasteiger partial charge in [0, 0.05) is 19.3 Å². The van der Waals surface area contributed by atoms with E-state index in [1.54, 1.807) is 0 Å². The van der Waals surface area contributed by atoms with Crippen LogP contribution in [0, 0.1) is 0 Å². The number of rotatable bonds is 10. The fourth-order valence-electron chi connectivity index (χ4n) is 4.75. The Kier molecular flexibility index (Phi) is 8.74. The highest BCUT2D eigenvalue weighted by Crippen LogP contribution is 2.33. The summed E-state index contributed by atoms with van der Waals surface area (Å²) in [5.74, 6) is -1.07. The number of amides is 1. The van der Waals surface area contributed by atoms with E-state index in [0.29, 0.717) is 29.6 Å². The van der Waals surface area contributed by atoms with E-state index in [1.165, 1.54) is 53.1 Å². The van der Waals surface area contributed by atoms with Gasteiger partial charge in [0.15, 0.2) is 11.2 Å². The number of hydrogen-bond acceptors (Lipinski definition) is 9. The number of anilines is 1. The number of aromatic nitrogens is 2. The summed E-state index contributed by atoms with van der Waals surface area (Å²) in [6.45, 7) is 0.986. The molecule has 1 amide bonds. The van der Waals surface area contributed by atoms with Crippen molar-refractivity contribution in [3.05, 3.63) is 60.0 Å². The number of benzene rings is 1. The molecule has 2 N–H and O–H groups in total. The van der Waals surface area contributed by atoms with Gasteiger partial charge in [-0.15, -0.1) is 0 Å². The minimum atomic E-state index is -3.63. The lowest BCUT2D eigenvalue weighted by Gasteiger charge is -2.26. The van der Waals surface area contributed by atoms with Gasteiger partial charge in [-0.25, -0.2) is 18.2 Å². The number of pyridine rings is 1. The standard InChI is InChI=1S/C27H30N4O7S2/c32-25(30-27-29-17-23(39-27)37-20-10-8-18(9-11-20)26(33)34)24(38-19-6-2-1-3-7-19)22-13-12-21(16-28-22)40(35,36)31-14-4-5-15-31/h8-13,16-17,19,24H,1-7,14-15H2,(H,33,34)(H,29,30,32). The van der Waals surface area contributed by atoms with E-state index < -0.39 is 28.0 Å². The van der Waals surface area contributed by atoms with Crippen molar-refractivity contribution in [3.8, 4) is 10.8 Å². The van der Waals surface area contributed by atoms with Gasteiger partial charge in [0.25, 0.3) is 5.91 Å². The van der Waals surface area contributed by atoms with Crippen molar-refractivity contribution in [1.29, 1.82) is 0 Å². The molecule has 2 aliphatic rings. The van der Waals surface area contributed by atoms with Crippen LogP contribution in [0.25, 0.3) is 0 Å². The smallest absolute Gasteiger partial charge is 0.335 e. The number of sulfonamides is 1. The van der Waals surface area contributed by atoms with Crippen molar-refractivity contribution >= 4 is 38.4 Å². The first-order chi connectivity index (χ1) is 19.3. The molecule has 0 spiro atoms. The van der Waals surface area contributed by atoms with Crippen molar-refractivity contribution in [2.24, 2.45) is 0 Å². The van der Waals surface area contributed by atoms with E-state index in [1.807, 2.05) is 0 Å². The molecule has 1 unspecified atom stereocenters. The molecule has 1 aromatic carbocycles. The summed E-state index contributed by atoms with van der Waals surface area (Å²) in [5.41, 5.74) is 0.457. The maximum Gasteiger partial charge on any atom is 0.335 e. The molecule has 13 heteroatoms. The molecular weight excluding hydrogens is 556 g/mol. The van der Waals surface area contributed by atoms with Crippen molar-refractivity contribution in [2.75, 3.05) is 18.4 Å². The molecule has 0 bridgehead atoms. The number of thiazole rings is 1. The van der Waals surface area contributed by atoms with Crippen LogP contribution in [0.2, 0.25) is 0 Å². The molecule has 5 rings (SSSR count). The van der Waals surface area contributed by atoms with E-state index in [-0.39, 0.29) is 21.7 Å². The van der Waals surface area contributed by atoms with Gasteiger partial charge < -0.3 is 14.6 Å². The van der Waals surface area contributed by atoms with Crippen molar-refractivity contribution < 1.29 is 32.6 Å². The lowest BCUT2D eigenvalue weighted by molar-refractivity contribution is -0.133. The molecular formula is C27H30N4O7S2. The Morgan fingerprint density at radius 3 is 2.35 bits per heavy atom. The van der Waals surface area contributed by atoms with Crippen LogP contribution < -0.4 is 10.1 Å². The second-order valence-electron chi connectivity index (χ2n) is 9.71. The Bertz CT molecular complexity index is 1430. The zero-order valence-corrected chi connectivity index (χ0v) is 23.3. The molecule has 2 aromatic heterocycles. The average Bonchev–Trinajstić information content (AvgIpc) is 3.66. The Morgan fingerprint density at radius 1 is 0.975 bits per heavy atom. The molecule has 2 fully saturated rings. The minimum Gasteiger partial charge on any atom is -0.478 e. The summed E-state index contributed by atoms with van der Waals surface area (Å²) in [7, 11) is -3.63. The number of ether oxygens (including phenoxy) is 2. The number of carbonyl (C=O) groups is 2. The van der Waals surface area contributed by atoms with E-state index in [4.69, 9.17) is 14.6 Å². The fraction of sp³-hybridized carbons (Fsp3) is 0.407. The van der Waals surface area contributed by atoms with E-state index in [2.05, 4.69) is 15.3 Å². The maximum atomic E-state index is 13.4. The Morgan fingerprint density at radius 2 is 1.70 bits per heavy atom. The monoisotopic (exact) mass is 586 g/mol. The van der Waals surface area contributed by atoms with Gasteiger partial charge in [-0.3, -0.25) is 15.1 Å². The quantitative estimate of drug-likeness (QED) is 0.340. The summed E-state index contributed by atoms with van der Waals surface area (Å²) in [6, 6.07) is 8.95. The van der Waals surface area contributed by atoms with Gasteiger partial charge in [0.1, 0.15) is 10.6 Å². The molecule has 11 nitrogen and oxygen atoms in total. The lowest BCUT2D eigenvalue weighted by atomic mass is 9.97. The highest BCUT2D eigenvalue weighted by Gasteiger charge is 2.31. The average molecular weight is 587 g/mol. The van der Waals surface area contributed by atoms with Gasteiger partial charge in [0.05, 0.1) is 23.6 Å². The normalized spacial score (nSPS) is 17.4. The molecule has 1 aliphatic carbocycles. The van der Waals surface area contributed by atoms with Crippen LogP contribution in [-0.4, -0.2) is 58.9 Å². The first-order valence-electron chi connectivity index (χ1n) is 13.2. The Hall–Kier alpha value is -3.39. The summed E-state index contributed by atoms with van der Waals surface area (Å²) in [5, 5.41) is 12.5. The number of nitrogens with one attached hydrogen (secondary N) is 1. The predicted molar refractivity (Wildman–Crippen MR) is 147 cm³/mol. The summed E-state index contributed by atoms with van der Waals surface area (Å²) in [6.07, 6.45) is 8.08. The molecule has 40 heavy (non-hydrogen) atoms. The molecule has 212 valence electrons. The molecule has 1 saturated carbocycles. The lowest BCUT2D eigenvalue weighted by Crippen LogP contribution is -2.30. The SMILES string of the molecule is O=C(O)c1ccc(Oc2cnc(NC(=O)C(OC3CCCCC3)c3ccc(S(=O)(=O)N4CCCC4)cn3)s2)cc1. The second-order valence-corrected chi connectivity index (χ2v) is 12.6. The maximum absolute atomic E-state index is 13.4. The third-order valence-corrected chi connectivity index (χ3v) is 9.56. The molecule has 1 atom stereocenters. The fourth-order valence-corrected chi connectivity index (χ4v) is 6.91. The minimum absolute atomic E-state index is 0.0908. The number of hydrogen-bond donors (Lipinski definition) is 2. The van der Waals surface area contributed by atoms with Crippen molar-refractivity contribution in [1.82, 2.24) is 14.3 Å². The second kappa shape index (κ2) is 12.4. The number of carbonyl (C=O) groups excluding carboxylic acids is 1. The molecule has 1 aliphatic heterocycles. The van der Waals surface area contributed by atoms with E-state index in [9.17, 15) is 18.0 Å². The van der Waals surface area contributed by atoms with Gasteiger partial charge >= 0.3 is 5.97 Å². The van der Waals surface area contributed by atoms with Crippen LogP contribution in [0.5, 0.6) is 10.8 Å². The van der Waals surface area contributed by atoms with Crippen LogP contribution in [0.3, 0.4) is 0 Å². The first kappa shape index (κ1) is 28.1. The number of nitrogens with zero attached hydrogens (tertiary/aromatic N) is 3. The molecule has 0 radical (unpaired) electrons. The van der Waals surface area contributed by atoms with E-state index in [0.717, 1.165) is 56.3 Å². The van der Waals surface area contributed by atoms with Crippen molar-refractivity contribution in [2.45, 2.75) is 62.0 Å². The van der Waals surface area contributed by atoms with Crippen LogP contribution in [-0.2, 0) is 19.6 Å². The van der Waals surface area contributed by atoms with Gasteiger partial charge in [-0.1, -0.05) is 30.6 Å². The van der Waals surface area contributed by atoms with E-state index >= 15 is 0 Å². The highest BCUT2D eigenvalue weighted by molar-refractivity contribution is 7.89. The highest BCUT2D eigenvalue weighted by atomic mass is 32.2. The zero-order valence-electron chi connectivity index (χ0n) is 21.7. The summed E-state index contributed by atoms with van der Waals surface area (Å²) < 4.78 is 39.3. The van der Waals surface area contributed by atoms with Crippen molar-refractivity contribution in [3.63, 3.8) is 0 Å². The van der Waals surface area contributed by atoms with Gasteiger partial charge in [-0.05, 0) is 62.1 Å². The molecule has 3 heterocycles. The number of carboxylic acid groups (broad SMARTS) is 1. The zero-order chi connectivity index (χ0) is 28.1. The number of aromatic carboxylic acids is 1. The predicted octanol–water partition coefficient (Wildman–Crippen LogP) is 4.84. The van der Waals surface area contributed by atoms with Crippen LogP contribution in [0.1, 0.15) is 67.1 Å². The van der Waals surface area contributed by atoms with Gasteiger partial charge in [0.2, 0.25) is 15.1 Å². The largest absolute Gasteiger partial charge is 0.478 e. The summed E-state index contributed by atoms with van der Waals surface area (Å²) in [4.78, 5) is 33.1. The first-order valence-corrected chi connectivity index (χ1v) is 15.4. The molecule has 3 aromatic rings. The number of carboxylic acids is 1. The topological polar surface area (TPSA) is 148 Å². The third kappa shape index (κ3) is 6.66. The van der Waals surface area contributed by atoms with Crippen LogP contribution in [0.15, 0.2) is 53.7 Å². The Balaban J connectivity index is 1.30.